The van der Waals surface area contributed by atoms with Gasteiger partial charge in [0.05, 0.1) is 17.1 Å². The molecule has 4 aromatic rings. The van der Waals surface area contributed by atoms with Crippen LogP contribution in [0.25, 0.3) is 16.8 Å². The maximum Gasteiger partial charge on any atom is 0.291 e. The number of pyridine rings is 1. The molecule has 4 heterocycles. The predicted octanol–water partition coefficient (Wildman–Crippen LogP) is 2.15. The van der Waals surface area contributed by atoms with Crippen molar-refractivity contribution < 1.29 is 9.32 Å². The fourth-order valence-corrected chi connectivity index (χ4v) is 2.57. The molecule has 0 aromatic carbocycles. The van der Waals surface area contributed by atoms with Crippen molar-refractivity contribution in [2.45, 2.75) is 19.4 Å². The molecule has 1 amide bonds. The number of rotatable bonds is 4. The molecule has 0 aliphatic rings. The summed E-state index contributed by atoms with van der Waals surface area (Å²) in [5, 5.41) is 7.32. The van der Waals surface area contributed by atoms with Crippen LogP contribution in [0.5, 0.6) is 0 Å². The van der Waals surface area contributed by atoms with Crippen molar-refractivity contribution in [2.75, 3.05) is 0 Å². The Morgan fingerprint density at radius 1 is 1.33 bits per heavy atom. The normalized spacial score (nSPS) is 12.5. The number of aromatic nitrogens is 5. The maximum atomic E-state index is 12.6. The summed E-state index contributed by atoms with van der Waals surface area (Å²) in [5.74, 6) is 0.398. The minimum Gasteiger partial charge on any atom is -0.348 e. The number of imidazole rings is 1. The van der Waals surface area contributed by atoms with E-state index in [2.05, 4.69) is 25.4 Å². The first-order valence-corrected chi connectivity index (χ1v) is 7.57. The van der Waals surface area contributed by atoms with Crippen LogP contribution in [0.4, 0.5) is 0 Å². The molecule has 1 unspecified atom stereocenters. The van der Waals surface area contributed by atoms with Crippen LogP contribution >= 0.6 is 0 Å². The average Bonchev–Trinajstić information content (AvgIpc) is 3.23. The standard InChI is InChI=1S/C16H14N6O2/c1-2-11(12-9-22-8-4-7-18-16(22)20-12)19-15(23)13-10-5-3-6-17-14(10)21-24-13/h3-9,11H,2H2,1H3,(H,19,23). The number of hydrogen-bond donors (Lipinski definition) is 1. The molecular formula is C16H14N6O2. The molecule has 8 nitrogen and oxygen atoms in total. The van der Waals surface area contributed by atoms with Crippen LogP contribution in [0.15, 0.2) is 47.5 Å². The number of carbonyl (C=O) groups is 1. The van der Waals surface area contributed by atoms with E-state index >= 15 is 0 Å². The quantitative estimate of drug-likeness (QED) is 0.618. The van der Waals surface area contributed by atoms with Crippen molar-refractivity contribution in [3.8, 4) is 0 Å². The summed E-state index contributed by atoms with van der Waals surface area (Å²) in [4.78, 5) is 25.3. The first-order valence-electron chi connectivity index (χ1n) is 7.57. The van der Waals surface area contributed by atoms with Gasteiger partial charge in [-0.2, -0.15) is 0 Å². The Morgan fingerprint density at radius 3 is 3.04 bits per heavy atom. The van der Waals surface area contributed by atoms with E-state index in [0.717, 1.165) is 5.69 Å². The van der Waals surface area contributed by atoms with Gasteiger partial charge in [-0.05, 0) is 24.6 Å². The summed E-state index contributed by atoms with van der Waals surface area (Å²) in [7, 11) is 0. The van der Waals surface area contributed by atoms with Crippen molar-refractivity contribution >= 4 is 22.7 Å². The van der Waals surface area contributed by atoms with Crippen molar-refractivity contribution in [1.82, 2.24) is 29.8 Å². The summed E-state index contributed by atoms with van der Waals surface area (Å²) in [6.45, 7) is 1.97. The third kappa shape index (κ3) is 2.37. The second-order valence-electron chi connectivity index (χ2n) is 5.31. The van der Waals surface area contributed by atoms with E-state index in [9.17, 15) is 4.79 Å². The Labute approximate surface area is 136 Å². The first-order chi connectivity index (χ1) is 11.8. The predicted molar refractivity (Wildman–Crippen MR) is 85.3 cm³/mol. The van der Waals surface area contributed by atoms with Gasteiger partial charge in [-0.1, -0.05) is 12.1 Å². The Hall–Kier alpha value is -3.29. The molecule has 0 aliphatic heterocycles. The van der Waals surface area contributed by atoms with Crippen LogP contribution in [-0.2, 0) is 0 Å². The van der Waals surface area contributed by atoms with Crippen LogP contribution < -0.4 is 5.32 Å². The Balaban J connectivity index is 1.63. The zero-order valence-corrected chi connectivity index (χ0v) is 12.9. The van der Waals surface area contributed by atoms with Crippen LogP contribution in [0, 0.1) is 0 Å². The summed E-state index contributed by atoms with van der Waals surface area (Å²) in [6.07, 6.45) is 7.68. The van der Waals surface area contributed by atoms with Crippen LogP contribution in [0.1, 0.15) is 35.6 Å². The molecule has 0 fully saturated rings. The highest BCUT2D eigenvalue weighted by Crippen LogP contribution is 2.19. The summed E-state index contributed by atoms with van der Waals surface area (Å²) >= 11 is 0. The molecule has 0 spiro atoms. The van der Waals surface area contributed by atoms with Gasteiger partial charge in [-0.25, -0.2) is 15.0 Å². The van der Waals surface area contributed by atoms with E-state index in [0.29, 0.717) is 23.2 Å². The Morgan fingerprint density at radius 2 is 2.21 bits per heavy atom. The van der Waals surface area contributed by atoms with Crippen molar-refractivity contribution in [3.05, 3.63) is 54.4 Å². The van der Waals surface area contributed by atoms with Crippen molar-refractivity contribution in [1.29, 1.82) is 0 Å². The van der Waals surface area contributed by atoms with Gasteiger partial charge >= 0.3 is 0 Å². The number of nitrogens with one attached hydrogen (secondary N) is 1. The lowest BCUT2D eigenvalue weighted by atomic mass is 10.1. The molecule has 0 aliphatic carbocycles. The highest BCUT2D eigenvalue weighted by molar-refractivity contribution is 6.02. The molecule has 1 atom stereocenters. The topological polar surface area (TPSA) is 98.2 Å². The molecule has 0 saturated carbocycles. The Bertz CT molecular complexity index is 988. The largest absolute Gasteiger partial charge is 0.348 e. The van der Waals surface area contributed by atoms with Crippen LogP contribution in [0.3, 0.4) is 0 Å². The molecule has 0 saturated heterocycles. The second kappa shape index (κ2) is 5.73. The zero-order valence-electron chi connectivity index (χ0n) is 12.9. The van der Waals surface area contributed by atoms with E-state index in [1.165, 1.54) is 0 Å². The van der Waals surface area contributed by atoms with Gasteiger partial charge in [0.2, 0.25) is 17.2 Å². The van der Waals surface area contributed by atoms with Gasteiger partial charge in [0.25, 0.3) is 5.91 Å². The number of carbonyl (C=O) groups excluding carboxylic acids is 1. The lowest BCUT2D eigenvalue weighted by Crippen LogP contribution is -2.28. The SMILES string of the molecule is CCC(NC(=O)c1onc2ncccc12)c1cn2cccnc2n1. The summed E-state index contributed by atoms with van der Waals surface area (Å²) in [5.41, 5.74) is 1.15. The first kappa shape index (κ1) is 14.3. The van der Waals surface area contributed by atoms with Crippen molar-refractivity contribution in [3.63, 3.8) is 0 Å². The van der Waals surface area contributed by atoms with Crippen molar-refractivity contribution in [2.24, 2.45) is 0 Å². The molecule has 8 heteroatoms. The second-order valence-corrected chi connectivity index (χ2v) is 5.31. The summed E-state index contributed by atoms with van der Waals surface area (Å²) < 4.78 is 6.97. The van der Waals surface area contributed by atoms with Gasteiger partial charge in [0, 0.05) is 24.8 Å². The zero-order chi connectivity index (χ0) is 16.5. The van der Waals surface area contributed by atoms with E-state index in [1.54, 1.807) is 24.5 Å². The van der Waals surface area contributed by atoms with Gasteiger partial charge in [-0.15, -0.1) is 0 Å². The molecule has 0 bridgehead atoms. The van der Waals surface area contributed by atoms with Gasteiger partial charge in [-0.3, -0.25) is 9.20 Å². The highest BCUT2D eigenvalue weighted by Gasteiger charge is 2.22. The third-order valence-electron chi connectivity index (χ3n) is 3.79. The van der Waals surface area contributed by atoms with E-state index < -0.39 is 0 Å². The molecule has 4 aromatic heterocycles. The molecule has 1 N–H and O–H groups in total. The molecule has 120 valence electrons. The Kier molecular flexibility index (Phi) is 3.42. The highest BCUT2D eigenvalue weighted by atomic mass is 16.5. The van der Waals surface area contributed by atoms with E-state index in [1.807, 2.05) is 29.8 Å². The molecule has 4 rings (SSSR count). The number of hydrogen-bond acceptors (Lipinski definition) is 6. The fraction of sp³-hybridized carbons (Fsp3) is 0.188. The van der Waals surface area contributed by atoms with E-state index in [4.69, 9.17) is 4.52 Å². The lowest BCUT2D eigenvalue weighted by molar-refractivity contribution is 0.0900. The lowest BCUT2D eigenvalue weighted by Gasteiger charge is -2.13. The van der Waals surface area contributed by atoms with E-state index in [-0.39, 0.29) is 17.7 Å². The molecule has 0 radical (unpaired) electrons. The monoisotopic (exact) mass is 322 g/mol. The summed E-state index contributed by atoms with van der Waals surface area (Å²) in [6, 6.07) is 5.06. The van der Waals surface area contributed by atoms with Gasteiger partial charge in [0.1, 0.15) is 0 Å². The smallest absolute Gasteiger partial charge is 0.291 e. The molecular weight excluding hydrogens is 308 g/mol. The minimum atomic E-state index is -0.345. The average molecular weight is 322 g/mol. The minimum absolute atomic E-state index is 0.151. The molecule has 24 heavy (non-hydrogen) atoms. The van der Waals surface area contributed by atoms with Gasteiger partial charge in [0.15, 0.2) is 0 Å². The fourth-order valence-electron chi connectivity index (χ4n) is 2.57. The third-order valence-corrected chi connectivity index (χ3v) is 3.79. The van der Waals surface area contributed by atoms with Crippen LogP contribution in [-0.4, -0.2) is 30.4 Å². The van der Waals surface area contributed by atoms with Crippen LogP contribution in [0.2, 0.25) is 0 Å². The number of fused-ring (bicyclic) bond motifs is 2. The number of nitrogens with zero attached hydrogens (tertiary/aromatic N) is 5. The van der Waals surface area contributed by atoms with Gasteiger partial charge < -0.3 is 9.84 Å². The maximum absolute atomic E-state index is 12.6. The number of amides is 1.